The molecular formula is C19H22N2O3. The van der Waals surface area contributed by atoms with E-state index in [1.165, 1.54) is 29.0 Å². The van der Waals surface area contributed by atoms with Gasteiger partial charge in [-0.1, -0.05) is 17.7 Å². The fourth-order valence-corrected chi connectivity index (χ4v) is 2.90. The highest BCUT2D eigenvalue weighted by Gasteiger charge is 2.12. The number of hydrogen-bond acceptors (Lipinski definition) is 3. The van der Waals surface area contributed by atoms with Crippen molar-refractivity contribution in [3.05, 3.63) is 70.1 Å². The minimum atomic E-state index is -0.210. The van der Waals surface area contributed by atoms with Crippen molar-refractivity contribution in [3.63, 3.8) is 0 Å². The van der Waals surface area contributed by atoms with Crippen molar-refractivity contribution in [2.45, 2.75) is 38.6 Å². The molecule has 2 heterocycles. The van der Waals surface area contributed by atoms with Gasteiger partial charge in [-0.25, -0.2) is 0 Å². The normalized spacial score (nSPS) is 14.2. The number of hydrogen-bond donors (Lipinski definition) is 1. The maximum atomic E-state index is 12.1. The smallest absolute Gasteiger partial charge is 0.287 e. The first-order valence-corrected chi connectivity index (χ1v) is 8.43. The number of amides is 1. The molecule has 0 saturated heterocycles. The van der Waals surface area contributed by atoms with Gasteiger partial charge >= 0.3 is 0 Å². The van der Waals surface area contributed by atoms with Gasteiger partial charge in [-0.15, -0.1) is 0 Å². The molecule has 0 saturated carbocycles. The molecule has 0 bridgehead atoms. The van der Waals surface area contributed by atoms with Gasteiger partial charge in [-0.05, 0) is 50.3 Å². The SMILES string of the molecule is O=C(NCCC1=CCCCC1)c1ccc(Cn2ccccc2=O)o1. The van der Waals surface area contributed by atoms with Crippen molar-refractivity contribution in [1.82, 2.24) is 9.88 Å². The predicted molar refractivity (Wildman–Crippen MR) is 92.0 cm³/mol. The molecule has 126 valence electrons. The summed E-state index contributed by atoms with van der Waals surface area (Å²) in [6.45, 7) is 0.943. The van der Waals surface area contributed by atoms with Gasteiger partial charge in [0.2, 0.25) is 0 Å². The number of nitrogens with one attached hydrogen (secondary N) is 1. The average Bonchev–Trinajstić information content (AvgIpc) is 3.07. The quantitative estimate of drug-likeness (QED) is 0.830. The minimum absolute atomic E-state index is 0.0966. The Labute approximate surface area is 141 Å². The lowest BCUT2D eigenvalue weighted by molar-refractivity contribution is 0.0924. The van der Waals surface area contributed by atoms with Crippen molar-refractivity contribution in [3.8, 4) is 0 Å². The highest BCUT2D eigenvalue weighted by Crippen LogP contribution is 2.19. The molecule has 0 radical (unpaired) electrons. The Morgan fingerprint density at radius 2 is 2.12 bits per heavy atom. The van der Waals surface area contributed by atoms with Crippen LogP contribution < -0.4 is 10.9 Å². The van der Waals surface area contributed by atoms with Gasteiger partial charge in [0.25, 0.3) is 11.5 Å². The maximum Gasteiger partial charge on any atom is 0.287 e. The van der Waals surface area contributed by atoms with Crippen LogP contribution in [0.4, 0.5) is 0 Å². The molecule has 0 aliphatic heterocycles. The minimum Gasteiger partial charge on any atom is -0.454 e. The van der Waals surface area contributed by atoms with Crippen molar-refractivity contribution in [2.24, 2.45) is 0 Å². The summed E-state index contributed by atoms with van der Waals surface area (Å²) in [5.41, 5.74) is 1.34. The largest absolute Gasteiger partial charge is 0.454 e. The maximum absolute atomic E-state index is 12.1. The van der Waals surface area contributed by atoms with E-state index in [1.54, 1.807) is 30.5 Å². The summed E-state index contributed by atoms with van der Waals surface area (Å²) in [4.78, 5) is 23.8. The summed E-state index contributed by atoms with van der Waals surface area (Å²) in [5, 5.41) is 2.89. The molecule has 1 aliphatic rings. The number of allylic oxidation sites excluding steroid dienone is 1. The fourth-order valence-electron chi connectivity index (χ4n) is 2.90. The molecule has 1 N–H and O–H groups in total. The first kappa shape index (κ1) is 16.3. The van der Waals surface area contributed by atoms with Crippen molar-refractivity contribution in [1.29, 1.82) is 0 Å². The second kappa shape index (κ2) is 7.81. The molecule has 24 heavy (non-hydrogen) atoms. The summed E-state index contributed by atoms with van der Waals surface area (Å²) in [6, 6.07) is 8.37. The van der Waals surface area contributed by atoms with Gasteiger partial charge < -0.3 is 14.3 Å². The molecule has 2 aromatic rings. The molecule has 0 fully saturated rings. The standard InChI is InChI=1S/C19H22N2O3/c22-18-8-4-5-13-21(18)14-16-9-10-17(24-16)19(23)20-12-11-15-6-2-1-3-7-15/h4-6,8-10,13H,1-3,7,11-12,14H2,(H,20,23). The van der Waals surface area contributed by atoms with E-state index in [1.807, 2.05) is 0 Å². The zero-order valence-corrected chi connectivity index (χ0v) is 13.7. The molecule has 1 amide bonds. The highest BCUT2D eigenvalue weighted by atomic mass is 16.4. The Hall–Kier alpha value is -2.56. The number of carbonyl (C=O) groups is 1. The number of rotatable bonds is 6. The van der Waals surface area contributed by atoms with Crippen LogP contribution in [0.15, 0.2) is 57.4 Å². The van der Waals surface area contributed by atoms with E-state index in [0.29, 0.717) is 18.8 Å². The van der Waals surface area contributed by atoms with Crippen LogP contribution in [0.25, 0.3) is 0 Å². The van der Waals surface area contributed by atoms with Crippen LogP contribution in [-0.2, 0) is 6.54 Å². The molecular weight excluding hydrogens is 304 g/mol. The second-order valence-electron chi connectivity index (χ2n) is 6.05. The van der Waals surface area contributed by atoms with Gasteiger partial charge in [0, 0.05) is 18.8 Å². The summed E-state index contributed by atoms with van der Waals surface area (Å²) in [7, 11) is 0. The van der Waals surface area contributed by atoms with Crippen LogP contribution in [0.5, 0.6) is 0 Å². The van der Waals surface area contributed by atoms with Gasteiger partial charge in [0.15, 0.2) is 5.76 Å². The Bertz CT molecular complexity index is 786. The molecule has 1 aliphatic carbocycles. The lowest BCUT2D eigenvalue weighted by Crippen LogP contribution is -2.24. The van der Waals surface area contributed by atoms with Gasteiger partial charge in [0.05, 0.1) is 6.54 Å². The first-order valence-electron chi connectivity index (χ1n) is 8.43. The third kappa shape index (κ3) is 4.25. The zero-order valence-electron chi connectivity index (χ0n) is 13.7. The zero-order chi connectivity index (χ0) is 16.8. The third-order valence-corrected chi connectivity index (χ3v) is 4.23. The monoisotopic (exact) mass is 326 g/mol. The average molecular weight is 326 g/mol. The first-order chi connectivity index (χ1) is 11.7. The molecule has 0 aromatic carbocycles. The van der Waals surface area contributed by atoms with E-state index in [0.717, 1.165) is 19.3 Å². The fraction of sp³-hybridized carbons (Fsp3) is 0.368. The topological polar surface area (TPSA) is 64.2 Å². The molecule has 3 rings (SSSR count). The number of furan rings is 1. The van der Waals surface area contributed by atoms with Crippen LogP contribution in [0.3, 0.4) is 0 Å². The van der Waals surface area contributed by atoms with Gasteiger partial charge in [-0.2, -0.15) is 0 Å². The third-order valence-electron chi connectivity index (χ3n) is 4.23. The molecule has 0 atom stereocenters. The van der Waals surface area contributed by atoms with Crippen LogP contribution in [0.1, 0.15) is 48.4 Å². The Kier molecular flexibility index (Phi) is 5.31. The molecule has 0 unspecified atom stereocenters. The van der Waals surface area contributed by atoms with Gasteiger partial charge in [0.1, 0.15) is 5.76 Å². The highest BCUT2D eigenvalue weighted by molar-refractivity contribution is 5.91. The van der Waals surface area contributed by atoms with E-state index in [2.05, 4.69) is 11.4 Å². The Morgan fingerprint density at radius 3 is 2.92 bits per heavy atom. The lowest BCUT2D eigenvalue weighted by Gasteiger charge is -2.12. The molecule has 5 nitrogen and oxygen atoms in total. The van der Waals surface area contributed by atoms with Gasteiger partial charge in [-0.3, -0.25) is 9.59 Å². The summed E-state index contributed by atoms with van der Waals surface area (Å²) < 4.78 is 7.10. The second-order valence-corrected chi connectivity index (χ2v) is 6.05. The number of nitrogens with zero attached hydrogens (tertiary/aromatic N) is 1. The Balaban J connectivity index is 1.53. The van der Waals surface area contributed by atoms with E-state index in [9.17, 15) is 9.59 Å². The van der Waals surface area contributed by atoms with E-state index in [4.69, 9.17) is 4.42 Å². The number of carbonyl (C=O) groups excluding carboxylic acids is 1. The van der Waals surface area contributed by atoms with E-state index < -0.39 is 0 Å². The lowest BCUT2D eigenvalue weighted by atomic mass is 9.97. The van der Waals surface area contributed by atoms with Crippen molar-refractivity contribution < 1.29 is 9.21 Å². The van der Waals surface area contributed by atoms with Crippen molar-refractivity contribution in [2.75, 3.05) is 6.54 Å². The molecule has 5 heteroatoms. The summed E-state index contributed by atoms with van der Waals surface area (Å²) in [6.07, 6.45) is 9.71. The van der Waals surface area contributed by atoms with Crippen LogP contribution in [-0.4, -0.2) is 17.0 Å². The van der Waals surface area contributed by atoms with Crippen LogP contribution in [0, 0.1) is 0 Å². The predicted octanol–water partition coefficient (Wildman–Crippen LogP) is 3.11. The molecule has 2 aromatic heterocycles. The number of aromatic nitrogens is 1. The Morgan fingerprint density at radius 1 is 1.21 bits per heavy atom. The molecule has 0 spiro atoms. The summed E-state index contributed by atoms with van der Waals surface area (Å²) in [5.74, 6) is 0.660. The van der Waals surface area contributed by atoms with E-state index >= 15 is 0 Å². The van der Waals surface area contributed by atoms with E-state index in [-0.39, 0.29) is 17.2 Å². The number of pyridine rings is 1. The van der Waals surface area contributed by atoms with Crippen LogP contribution >= 0.6 is 0 Å². The van der Waals surface area contributed by atoms with Crippen LogP contribution in [0.2, 0.25) is 0 Å². The summed E-state index contributed by atoms with van der Waals surface area (Å²) >= 11 is 0. The van der Waals surface area contributed by atoms with Crippen molar-refractivity contribution >= 4 is 5.91 Å².